The Morgan fingerprint density at radius 3 is 3.14 bits per heavy atom. The van der Waals surface area contributed by atoms with Gasteiger partial charge in [0.25, 0.3) is 0 Å². The van der Waals surface area contributed by atoms with Crippen LogP contribution >= 0.6 is 0 Å². The van der Waals surface area contributed by atoms with E-state index in [-0.39, 0.29) is 12.1 Å². The maximum Gasteiger partial charge on any atom is 0.309 e. The Balaban J connectivity index is 2.58. The summed E-state index contributed by atoms with van der Waals surface area (Å²) in [6.45, 7) is 0. The Morgan fingerprint density at radius 2 is 2.43 bits per heavy atom. The summed E-state index contributed by atoms with van der Waals surface area (Å²) in [5, 5.41) is 8.58. The van der Waals surface area contributed by atoms with Crippen molar-refractivity contribution in [3.8, 4) is 0 Å². The van der Waals surface area contributed by atoms with Crippen molar-refractivity contribution in [3.63, 3.8) is 0 Å². The summed E-state index contributed by atoms with van der Waals surface area (Å²) in [5.74, 6) is -1.42. The summed E-state index contributed by atoms with van der Waals surface area (Å²) in [6, 6.07) is 2.79. The number of hydrogen-bond donors (Lipinski definition) is 1. The molecule has 0 saturated carbocycles. The molecule has 4 nitrogen and oxygen atoms in total. The van der Waals surface area contributed by atoms with Gasteiger partial charge in [-0.05, 0) is 12.1 Å². The van der Waals surface area contributed by atoms with Crippen LogP contribution in [0.15, 0.2) is 24.5 Å². The van der Waals surface area contributed by atoms with Gasteiger partial charge in [-0.1, -0.05) is 0 Å². The lowest BCUT2D eigenvalue weighted by atomic mass is 10.3. The molecule has 2 rings (SSSR count). The highest BCUT2D eigenvalue weighted by Gasteiger charge is 2.09. The minimum absolute atomic E-state index is 0.156. The molecule has 0 bridgehead atoms. The number of carboxylic acid groups (broad SMARTS) is 1. The highest BCUT2D eigenvalue weighted by atomic mass is 19.1. The Bertz CT molecular complexity index is 493. The largest absolute Gasteiger partial charge is 0.481 e. The Hall–Kier alpha value is -1.91. The molecular weight excluding hydrogens is 187 g/mol. The molecule has 0 aliphatic carbocycles. The predicted octanol–water partition coefficient (Wildman–Crippen LogP) is 1.10. The second-order valence-corrected chi connectivity index (χ2v) is 2.87. The van der Waals surface area contributed by atoms with Crippen molar-refractivity contribution in [1.29, 1.82) is 0 Å². The Labute approximate surface area is 78.6 Å². The highest BCUT2D eigenvalue weighted by Crippen LogP contribution is 2.10. The Morgan fingerprint density at radius 1 is 1.64 bits per heavy atom. The molecule has 0 unspecified atom stereocenters. The van der Waals surface area contributed by atoms with Gasteiger partial charge in [0.05, 0.1) is 12.1 Å². The van der Waals surface area contributed by atoms with Gasteiger partial charge in [-0.25, -0.2) is 9.37 Å². The second-order valence-electron chi connectivity index (χ2n) is 2.87. The lowest BCUT2D eigenvalue weighted by molar-refractivity contribution is -0.136. The first kappa shape index (κ1) is 8.68. The Kier molecular flexibility index (Phi) is 1.92. The predicted molar refractivity (Wildman–Crippen MR) is 46.5 cm³/mol. The summed E-state index contributed by atoms with van der Waals surface area (Å²) in [6.07, 6.45) is 2.79. The summed E-state index contributed by atoms with van der Waals surface area (Å²) in [7, 11) is 0. The van der Waals surface area contributed by atoms with Crippen LogP contribution in [0.4, 0.5) is 4.39 Å². The summed E-state index contributed by atoms with van der Waals surface area (Å²) in [4.78, 5) is 14.3. The van der Waals surface area contributed by atoms with Crippen molar-refractivity contribution < 1.29 is 14.3 Å². The number of aliphatic carboxylic acids is 1. The first-order valence-corrected chi connectivity index (χ1v) is 4.01. The summed E-state index contributed by atoms with van der Waals surface area (Å²) >= 11 is 0. The van der Waals surface area contributed by atoms with Crippen LogP contribution in [0.25, 0.3) is 5.65 Å². The number of imidazole rings is 1. The van der Waals surface area contributed by atoms with E-state index in [0.717, 1.165) is 0 Å². The van der Waals surface area contributed by atoms with Gasteiger partial charge in [0, 0.05) is 12.4 Å². The van der Waals surface area contributed by atoms with Crippen molar-refractivity contribution >= 4 is 11.6 Å². The lowest BCUT2D eigenvalue weighted by Crippen LogP contribution is -2.03. The quantitative estimate of drug-likeness (QED) is 0.778. The molecule has 2 aromatic heterocycles. The topological polar surface area (TPSA) is 54.6 Å². The van der Waals surface area contributed by atoms with Gasteiger partial charge >= 0.3 is 5.97 Å². The van der Waals surface area contributed by atoms with E-state index in [1.54, 1.807) is 6.20 Å². The van der Waals surface area contributed by atoms with Crippen LogP contribution in [0, 0.1) is 5.82 Å². The fourth-order valence-corrected chi connectivity index (χ4v) is 1.31. The van der Waals surface area contributed by atoms with Crippen molar-refractivity contribution in [2.45, 2.75) is 6.42 Å². The zero-order valence-corrected chi connectivity index (χ0v) is 7.14. The lowest BCUT2D eigenvalue weighted by Gasteiger charge is -1.97. The van der Waals surface area contributed by atoms with Crippen LogP contribution in [-0.2, 0) is 11.2 Å². The molecule has 0 aliphatic heterocycles. The average Bonchev–Trinajstić information content (AvgIpc) is 2.49. The van der Waals surface area contributed by atoms with E-state index in [0.29, 0.717) is 5.69 Å². The summed E-state index contributed by atoms with van der Waals surface area (Å²) in [5.41, 5.74) is 0.621. The molecule has 0 radical (unpaired) electrons. The van der Waals surface area contributed by atoms with Crippen LogP contribution in [0.3, 0.4) is 0 Å². The SMILES string of the molecule is O=C(O)Cc1cnc2c(F)cccn12. The summed E-state index contributed by atoms with van der Waals surface area (Å²) < 4.78 is 14.5. The van der Waals surface area contributed by atoms with E-state index in [2.05, 4.69) is 4.98 Å². The molecule has 0 saturated heterocycles. The van der Waals surface area contributed by atoms with Gasteiger partial charge in [0.15, 0.2) is 11.5 Å². The molecule has 0 spiro atoms. The van der Waals surface area contributed by atoms with Crippen molar-refractivity contribution in [1.82, 2.24) is 9.38 Å². The third-order valence-corrected chi connectivity index (χ3v) is 1.90. The standard InChI is InChI=1S/C9H7FN2O2/c10-7-2-1-3-12-6(4-8(13)14)5-11-9(7)12/h1-3,5H,4H2,(H,13,14). The number of carboxylic acids is 1. The van der Waals surface area contributed by atoms with E-state index in [4.69, 9.17) is 5.11 Å². The van der Waals surface area contributed by atoms with E-state index in [1.165, 1.54) is 22.7 Å². The van der Waals surface area contributed by atoms with E-state index in [1.807, 2.05) is 0 Å². The number of hydrogen-bond acceptors (Lipinski definition) is 2. The molecule has 0 amide bonds. The van der Waals surface area contributed by atoms with Gasteiger partial charge in [0.1, 0.15) is 0 Å². The van der Waals surface area contributed by atoms with Gasteiger partial charge in [0.2, 0.25) is 0 Å². The zero-order valence-electron chi connectivity index (χ0n) is 7.14. The minimum atomic E-state index is -0.962. The fraction of sp³-hybridized carbons (Fsp3) is 0.111. The average molecular weight is 194 g/mol. The maximum atomic E-state index is 13.1. The van der Waals surface area contributed by atoms with Crippen LogP contribution in [0.1, 0.15) is 5.69 Å². The molecule has 0 aromatic carbocycles. The number of aromatic nitrogens is 2. The molecule has 0 atom stereocenters. The first-order chi connectivity index (χ1) is 6.68. The minimum Gasteiger partial charge on any atom is -0.481 e. The van der Waals surface area contributed by atoms with Crippen LogP contribution < -0.4 is 0 Å². The second kappa shape index (κ2) is 3.10. The third kappa shape index (κ3) is 1.32. The molecule has 2 heterocycles. The number of pyridine rings is 1. The van der Waals surface area contributed by atoms with E-state index < -0.39 is 11.8 Å². The van der Waals surface area contributed by atoms with Crippen molar-refractivity contribution in [2.24, 2.45) is 0 Å². The fourth-order valence-electron chi connectivity index (χ4n) is 1.31. The molecule has 0 fully saturated rings. The number of carbonyl (C=O) groups is 1. The van der Waals surface area contributed by atoms with Crippen LogP contribution in [0.5, 0.6) is 0 Å². The maximum absolute atomic E-state index is 13.1. The molecule has 1 N–H and O–H groups in total. The van der Waals surface area contributed by atoms with Gasteiger partial charge in [-0.15, -0.1) is 0 Å². The molecule has 2 aromatic rings. The number of halogens is 1. The number of fused-ring (bicyclic) bond motifs is 1. The van der Waals surface area contributed by atoms with Gasteiger partial charge < -0.3 is 9.51 Å². The molecule has 72 valence electrons. The third-order valence-electron chi connectivity index (χ3n) is 1.90. The van der Waals surface area contributed by atoms with E-state index in [9.17, 15) is 9.18 Å². The first-order valence-electron chi connectivity index (χ1n) is 4.01. The van der Waals surface area contributed by atoms with Gasteiger partial charge in [-0.2, -0.15) is 0 Å². The monoisotopic (exact) mass is 194 g/mol. The smallest absolute Gasteiger partial charge is 0.309 e. The van der Waals surface area contributed by atoms with Crippen molar-refractivity contribution in [2.75, 3.05) is 0 Å². The number of rotatable bonds is 2. The zero-order chi connectivity index (χ0) is 10.1. The molecule has 14 heavy (non-hydrogen) atoms. The van der Waals surface area contributed by atoms with Crippen LogP contribution in [-0.4, -0.2) is 20.5 Å². The van der Waals surface area contributed by atoms with Gasteiger partial charge in [-0.3, -0.25) is 4.79 Å². The van der Waals surface area contributed by atoms with Crippen molar-refractivity contribution in [3.05, 3.63) is 36.0 Å². The molecular formula is C9H7FN2O2. The highest BCUT2D eigenvalue weighted by molar-refractivity contribution is 5.70. The number of nitrogens with zero attached hydrogens (tertiary/aromatic N) is 2. The normalized spacial score (nSPS) is 10.6. The molecule has 0 aliphatic rings. The van der Waals surface area contributed by atoms with E-state index >= 15 is 0 Å². The van der Waals surface area contributed by atoms with Crippen LogP contribution in [0.2, 0.25) is 0 Å². The molecule has 5 heteroatoms.